The van der Waals surface area contributed by atoms with Gasteiger partial charge in [-0.1, -0.05) is 20.3 Å². The summed E-state index contributed by atoms with van der Waals surface area (Å²) in [5.74, 6) is 1.34. The van der Waals surface area contributed by atoms with Crippen molar-refractivity contribution in [2.45, 2.75) is 32.6 Å². The van der Waals surface area contributed by atoms with E-state index in [2.05, 4.69) is 18.8 Å². The second kappa shape index (κ2) is 3.40. The van der Waals surface area contributed by atoms with E-state index in [9.17, 15) is 0 Å². The van der Waals surface area contributed by atoms with Crippen LogP contribution in [0.25, 0.3) is 0 Å². The summed E-state index contributed by atoms with van der Waals surface area (Å²) >= 11 is 0. The highest BCUT2D eigenvalue weighted by Gasteiger charge is 2.07. The van der Waals surface area contributed by atoms with Crippen LogP contribution < -0.4 is 0 Å². The third-order valence-electron chi connectivity index (χ3n) is 1.59. The molecule has 1 aromatic rings. The molecule has 1 rings (SSSR count). The Morgan fingerprint density at radius 1 is 1.70 bits per heavy atom. The summed E-state index contributed by atoms with van der Waals surface area (Å²) in [6.45, 7) is 4.30. The normalized spacial score (nSPS) is 13.4. The fraction of sp³-hybridized carbons (Fsp3) is 0.625. The zero-order valence-corrected chi connectivity index (χ0v) is 6.50. The average molecular weight is 139 g/mol. The van der Waals surface area contributed by atoms with Crippen molar-refractivity contribution in [1.82, 2.24) is 4.98 Å². The molecule has 0 amide bonds. The van der Waals surface area contributed by atoms with Crippen molar-refractivity contribution in [2.75, 3.05) is 0 Å². The molecule has 0 saturated heterocycles. The van der Waals surface area contributed by atoms with E-state index in [1.54, 1.807) is 12.5 Å². The van der Waals surface area contributed by atoms with Crippen LogP contribution in [0.2, 0.25) is 0 Å². The van der Waals surface area contributed by atoms with Gasteiger partial charge in [0.25, 0.3) is 0 Å². The highest BCUT2D eigenvalue weighted by molar-refractivity contribution is 4.88. The maximum atomic E-state index is 5.14. The minimum absolute atomic E-state index is 0.472. The van der Waals surface area contributed by atoms with Crippen molar-refractivity contribution in [3.8, 4) is 0 Å². The van der Waals surface area contributed by atoms with E-state index in [-0.39, 0.29) is 0 Å². The lowest BCUT2D eigenvalue weighted by Gasteiger charge is -2.02. The molecular formula is C8H13NO. The van der Waals surface area contributed by atoms with Crippen LogP contribution in [0.5, 0.6) is 0 Å². The molecule has 1 heterocycles. The largest absolute Gasteiger partial charge is 0.449 e. The summed E-state index contributed by atoms with van der Waals surface area (Å²) < 4.78 is 5.14. The quantitative estimate of drug-likeness (QED) is 0.643. The molecule has 10 heavy (non-hydrogen) atoms. The SMILES string of the molecule is CCCC(C)c1ncco1. The molecule has 0 aliphatic carbocycles. The van der Waals surface area contributed by atoms with E-state index in [0.717, 1.165) is 12.3 Å². The highest BCUT2D eigenvalue weighted by atomic mass is 16.3. The molecule has 0 spiro atoms. The Morgan fingerprint density at radius 3 is 3.00 bits per heavy atom. The molecule has 0 radical (unpaired) electrons. The molecule has 0 aliphatic heterocycles. The second-order valence-corrected chi connectivity index (χ2v) is 2.56. The van der Waals surface area contributed by atoms with Gasteiger partial charge in [0.15, 0.2) is 5.89 Å². The smallest absolute Gasteiger partial charge is 0.196 e. The molecule has 2 heteroatoms. The first-order chi connectivity index (χ1) is 4.84. The van der Waals surface area contributed by atoms with E-state index in [1.807, 2.05) is 0 Å². The van der Waals surface area contributed by atoms with Crippen molar-refractivity contribution in [1.29, 1.82) is 0 Å². The lowest BCUT2D eigenvalue weighted by molar-refractivity contribution is 0.444. The first kappa shape index (κ1) is 7.32. The number of aromatic nitrogens is 1. The number of nitrogens with zero attached hydrogens (tertiary/aromatic N) is 1. The maximum Gasteiger partial charge on any atom is 0.196 e. The molecule has 0 saturated carbocycles. The number of hydrogen-bond acceptors (Lipinski definition) is 2. The molecule has 2 nitrogen and oxygen atoms in total. The van der Waals surface area contributed by atoms with Crippen LogP contribution in [0.3, 0.4) is 0 Å². The summed E-state index contributed by atoms with van der Waals surface area (Å²) in [6.07, 6.45) is 5.66. The first-order valence-electron chi connectivity index (χ1n) is 3.74. The van der Waals surface area contributed by atoms with Crippen molar-refractivity contribution in [3.63, 3.8) is 0 Å². The fourth-order valence-corrected chi connectivity index (χ4v) is 1.03. The Hall–Kier alpha value is -0.790. The summed E-state index contributed by atoms with van der Waals surface area (Å²) in [7, 11) is 0. The molecule has 1 aromatic heterocycles. The Balaban J connectivity index is 2.50. The summed E-state index contributed by atoms with van der Waals surface area (Å²) in [6, 6.07) is 0. The molecule has 0 aliphatic rings. The molecule has 0 N–H and O–H groups in total. The highest BCUT2D eigenvalue weighted by Crippen LogP contribution is 2.17. The van der Waals surface area contributed by atoms with Gasteiger partial charge >= 0.3 is 0 Å². The van der Waals surface area contributed by atoms with E-state index < -0.39 is 0 Å². The minimum Gasteiger partial charge on any atom is -0.449 e. The predicted octanol–water partition coefficient (Wildman–Crippen LogP) is 2.58. The average Bonchev–Trinajstić information content (AvgIpc) is 2.38. The molecule has 1 unspecified atom stereocenters. The van der Waals surface area contributed by atoms with Crippen molar-refractivity contribution in [3.05, 3.63) is 18.4 Å². The van der Waals surface area contributed by atoms with Crippen molar-refractivity contribution >= 4 is 0 Å². The number of oxazole rings is 1. The van der Waals surface area contributed by atoms with Gasteiger partial charge in [0.2, 0.25) is 0 Å². The summed E-state index contributed by atoms with van der Waals surface area (Å²) in [4.78, 5) is 4.07. The zero-order chi connectivity index (χ0) is 7.40. The molecule has 0 aromatic carbocycles. The monoisotopic (exact) mass is 139 g/mol. The van der Waals surface area contributed by atoms with E-state index >= 15 is 0 Å². The van der Waals surface area contributed by atoms with Crippen LogP contribution in [0, 0.1) is 0 Å². The van der Waals surface area contributed by atoms with Gasteiger partial charge in [-0.3, -0.25) is 0 Å². The molecule has 1 atom stereocenters. The second-order valence-electron chi connectivity index (χ2n) is 2.56. The van der Waals surface area contributed by atoms with Crippen LogP contribution in [0.1, 0.15) is 38.5 Å². The molecular weight excluding hydrogens is 126 g/mol. The van der Waals surface area contributed by atoms with Crippen molar-refractivity contribution in [2.24, 2.45) is 0 Å². The Labute approximate surface area is 61.3 Å². The lowest BCUT2D eigenvalue weighted by Crippen LogP contribution is -1.91. The minimum atomic E-state index is 0.472. The summed E-state index contributed by atoms with van der Waals surface area (Å²) in [5.41, 5.74) is 0. The number of hydrogen-bond donors (Lipinski definition) is 0. The van der Waals surface area contributed by atoms with Gasteiger partial charge in [-0.15, -0.1) is 0 Å². The van der Waals surface area contributed by atoms with Crippen LogP contribution >= 0.6 is 0 Å². The zero-order valence-electron chi connectivity index (χ0n) is 6.50. The van der Waals surface area contributed by atoms with Gasteiger partial charge in [-0.25, -0.2) is 4.98 Å². The molecule has 0 bridgehead atoms. The van der Waals surface area contributed by atoms with Gasteiger partial charge in [0.1, 0.15) is 6.26 Å². The van der Waals surface area contributed by atoms with Gasteiger partial charge < -0.3 is 4.42 Å². The van der Waals surface area contributed by atoms with Gasteiger partial charge in [0.05, 0.1) is 6.20 Å². The third kappa shape index (κ3) is 1.59. The van der Waals surface area contributed by atoms with Gasteiger partial charge in [-0.05, 0) is 6.42 Å². The fourth-order valence-electron chi connectivity index (χ4n) is 1.03. The van der Waals surface area contributed by atoms with Crippen LogP contribution in [-0.2, 0) is 0 Å². The maximum absolute atomic E-state index is 5.14. The third-order valence-corrected chi connectivity index (χ3v) is 1.59. The topological polar surface area (TPSA) is 26.0 Å². The van der Waals surface area contributed by atoms with E-state index in [1.165, 1.54) is 6.42 Å². The van der Waals surface area contributed by atoms with Gasteiger partial charge in [0, 0.05) is 5.92 Å². The predicted molar refractivity (Wildman–Crippen MR) is 39.8 cm³/mol. The standard InChI is InChI=1S/C8H13NO/c1-3-4-7(2)8-9-5-6-10-8/h5-7H,3-4H2,1-2H3. The molecule has 56 valence electrons. The Morgan fingerprint density at radius 2 is 2.50 bits per heavy atom. The van der Waals surface area contributed by atoms with Crippen LogP contribution in [0.15, 0.2) is 16.9 Å². The van der Waals surface area contributed by atoms with Crippen molar-refractivity contribution < 1.29 is 4.42 Å². The van der Waals surface area contributed by atoms with Gasteiger partial charge in [-0.2, -0.15) is 0 Å². The summed E-state index contributed by atoms with van der Waals surface area (Å²) in [5, 5.41) is 0. The Bertz CT molecular complexity index is 169. The van der Waals surface area contributed by atoms with Crippen LogP contribution in [0.4, 0.5) is 0 Å². The molecule has 0 fully saturated rings. The van der Waals surface area contributed by atoms with Crippen LogP contribution in [-0.4, -0.2) is 4.98 Å². The number of rotatable bonds is 3. The van der Waals surface area contributed by atoms with E-state index in [4.69, 9.17) is 4.42 Å². The van der Waals surface area contributed by atoms with E-state index in [0.29, 0.717) is 5.92 Å². The first-order valence-corrected chi connectivity index (χ1v) is 3.74. The Kier molecular flexibility index (Phi) is 2.49. The lowest BCUT2D eigenvalue weighted by atomic mass is 10.1.